The number of fused-ring (bicyclic) bond motifs is 3. The lowest BCUT2D eigenvalue weighted by Gasteiger charge is -2.32. The average Bonchev–Trinajstić information content (AvgIpc) is 3.17. The van der Waals surface area contributed by atoms with Gasteiger partial charge in [-0.3, -0.25) is 24.1 Å². The summed E-state index contributed by atoms with van der Waals surface area (Å²) in [4.78, 5) is 37.0. The number of rotatable bonds is 11. The molecule has 59 heavy (non-hydrogen) atoms. The van der Waals surface area contributed by atoms with E-state index < -0.39 is 58.3 Å². The van der Waals surface area contributed by atoms with Gasteiger partial charge in [0.25, 0.3) is 26.1 Å². The maximum atomic E-state index is 14.1. The van der Waals surface area contributed by atoms with Gasteiger partial charge in [0.15, 0.2) is 21.1 Å². The van der Waals surface area contributed by atoms with E-state index in [1.54, 1.807) is 48.3 Å². The summed E-state index contributed by atoms with van der Waals surface area (Å²) in [5.41, 5.74) is 17.8. The number of carbonyl (C=O) groups excluding carboxylic acids is 2. The molecule has 3 aliphatic rings. The minimum atomic E-state index is -5.12. The SMILES string of the molecule is CN(CCCC(=O)N1CCC(COc2cccc3nc(N)nc(N)c23)CC1)C(=O)c1ccccc1-c1c2ccc(=N)c(S(=O)(=O)O)c-2oc2c(S(=O)(=O)O)c(N)ccc12. The maximum Gasteiger partial charge on any atom is 0.300 e. The van der Waals surface area contributed by atoms with Crippen LogP contribution in [0, 0.1) is 11.3 Å². The molecule has 2 aliphatic heterocycles. The molecule has 7 rings (SSSR count). The number of piperidine rings is 1. The van der Waals surface area contributed by atoms with Crippen LogP contribution in [-0.4, -0.2) is 90.8 Å². The number of ether oxygens (including phenoxy) is 1. The summed E-state index contributed by atoms with van der Waals surface area (Å²) in [5, 5.41) is 8.20. The van der Waals surface area contributed by atoms with Gasteiger partial charge in [0.2, 0.25) is 11.9 Å². The lowest BCUT2D eigenvalue weighted by Crippen LogP contribution is -2.40. The van der Waals surface area contributed by atoms with Crippen molar-refractivity contribution >= 4 is 71.4 Å². The standard InChI is InChI=1S/C39H40N8O10S2/c1-46(17-5-10-30(48)47-18-15-21(16-19-47)20-56-29-9-4-8-28-32(29)37(42)45-39(43)44-28)38(49)23-7-3-2-6-22(23)31-24-11-13-26(40)35(58(50,51)52)33(24)57-34-25(31)12-14-27(41)36(34)59(53,54)55/h2-4,6-9,11-14,21,40H,5,10,15-20,41H2,1H3,(H,50,51,52)(H,53,54,55)(H4,42,43,44,45). The molecule has 3 heterocycles. The van der Waals surface area contributed by atoms with Crippen molar-refractivity contribution in [1.29, 1.82) is 5.41 Å². The zero-order valence-electron chi connectivity index (χ0n) is 31.6. The van der Waals surface area contributed by atoms with Crippen molar-refractivity contribution in [3.8, 4) is 28.2 Å². The predicted octanol–water partition coefficient (Wildman–Crippen LogP) is 4.04. The highest BCUT2D eigenvalue weighted by atomic mass is 32.2. The fourth-order valence-corrected chi connectivity index (χ4v) is 8.98. The Kier molecular flexibility index (Phi) is 10.9. The third-order valence-corrected chi connectivity index (χ3v) is 12.2. The van der Waals surface area contributed by atoms with Crippen LogP contribution in [0.4, 0.5) is 17.5 Å². The zero-order chi connectivity index (χ0) is 42.4. The van der Waals surface area contributed by atoms with E-state index in [1.165, 1.54) is 29.2 Å². The van der Waals surface area contributed by atoms with Crippen molar-refractivity contribution < 1.29 is 44.7 Å². The third kappa shape index (κ3) is 8.06. The molecule has 0 unspecified atom stereocenters. The number of nitrogens with one attached hydrogen (secondary N) is 1. The summed E-state index contributed by atoms with van der Waals surface area (Å²) in [6.45, 7) is 1.70. The predicted molar refractivity (Wildman–Crippen MR) is 218 cm³/mol. The van der Waals surface area contributed by atoms with E-state index in [9.17, 15) is 35.5 Å². The highest BCUT2D eigenvalue weighted by Crippen LogP contribution is 2.45. The molecule has 20 heteroatoms. The monoisotopic (exact) mass is 844 g/mol. The van der Waals surface area contributed by atoms with Gasteiger partial charge in [0, 0.05) is 55.2 Å². The van der Waals surface area contributed by atoms with Crippen LogP contribution in [0.25, 0.3) is 44.3 Å². The van der Waals surface area contributed by atoms with Crippen molar-refractivity contribution in [1.82, 2.24) is 19.8 Å². The molecule has 4 aromatic rings. The van der Waals surface area contributed by atoms with Crippen LogP contribution in [0.2, 0.25) is 0 Å². The Morgan fingerprint density at radius 1 is 0.915 bits per heavy atom. The minimum Gasteiger partial charge on any atom is -0.492 e. The van der Waals surface area contributed by atoms with Gasteiger partial charge in [-0.15, -0.1) is 0 Å². The first-order valence-corrected chi connectivity index (χ1v) is 21.2. The van der Waals surface area contributed by atoms with E-state index in [4.69, 9.17) is 31.8 Å². The fraction of sp³-hybridized carbons (Fsp3) is 0.256. The van der Waals surface area contributed by atoms with Gasteiger partial charge in [0.05, 0.1) is 28.6 Å². The molecule has 1 aromatic heterocycles. The number of hydrogen-bond donors (Lipinski definition) is 6. The Labute approximate surface area is 337 Å². The van der Waals surface area contributed by atoms with Crippen LogP contribution in [0.1, 0.15) is 36.0 Å². The van der Waals surface area contributed by atoms with Crippen molar-refractivity contribution in [2.75, 3.05) is 50.5 Å². The molecule has 0 bridgehead atoms. The molecule has 0 saturated carbocycles. The van der Waals surface area contributed by atoms with Crippen molar-refractivity contribution in [2.45, 2.75) is 35.5 Å². The number of nitrogen functional groups attached to an aromatic ring is 3. The summed E-state index contributed by atoms with van der Waals surface area (Å²) >= 11 is 0. The second kappa shape index (κ2) is 15.8. The van der Waals surface area contributed by atoms with E-state index in [0.29, 0.717) is 42.8 Å². The summed E-state index contributed by atoms with van der Waals surface area (Å²) in [6, 6.07) is 16.7. The van der Waals surface area contributed by atoms with Crippen molar-refractivity contribution in [2.24, 2.45) is 5.92 Å². The number of hydrogen-bond acceptors (Lipinski definition) is 14. The molecule has 2 amide bonds. The number of benzene rings is 4. The van der Waals surface area contributed by atoms with Crippen molar-refractivity contribution in [3.05, 3.63) is 77.7 Å². The van der Waals surface area contributed by atoms with Gasteiger partial charge in [-0.1, -0.05) is 24.3 Å². The normalized spacial score (nSPS) is 13.9. The first kappa shape index (κ1) is 40.8. The topological polar surface area (TPSA) is 299 Å². The number of nitrogens with two attached hydrogens (primary N) is 3. The summed E-state index contributed by atoms with van der Waals surface area (Å²) in [7, 11) is -8.64. The van der Waals surface area contributed by atoms with E-state index >= 15 is 0 Å². The van der Waals surface area contributed by atoms with Gasteiger partial charge < -0.3 is 36.2 Å². The molecule has 0 spiro atoms. The molecular weight excluding hydrogens is 805 g/mol. The van der Waals surface area contributed by atoms with Crippen LogP contribution < -0.4 is 27.3 Å². The van der Waals surface area contributed by atoms with Gasteiger partial charge >= 0.3 is 0 Å². The highest BCUT2D eigenvalue weighted by molar-refractivity contribution is 7.86. The van der Waals surface area contributed by atoms with Gasteiger partial charge in [0.1, 0.15) is 11.6 Å². The average molecular weight is 845 g/mol. The van der Waals surface area contributed by atoms with Crippen LogP contribution in [0.3, 0.4) is 0 Å². The molecule has 3 aromatic carbocycles. The first-order valence-electron chi connectivity index (χ1n) is 18.3. The molecule has 1 saturated heterocycles. The Balaban J connectivity index is 1.06. The molecule has 18 nitrogen and oxygen atoms in total. The largest absolute Gasteiger partial charge is 0.492 e. The maximum absolute atomic E-state index is 14.1. The van der Waals surface area contributed by atoms with Crippen LogP contribution in [0.15, 0.2) is 80.9 Å². The van der Waals surface area contributed by atoms with Crippen LogP contribution in [-0.2, 0) is 25.0 Å². The van der Waals surface area contributed by atoms with Crippen LogP contribution >= 0.6 is 0 Å². The lowest BCUT2D eigenvalue weighted by molar-refractivity contribution is -0.132. The number of nitrogens with zero attached hydrogens (tertiary/aromatic N) is 4. The molecule has 9 N–H and O–H groups in total. The fourth-order valence-electron chi connectivity index (χ4n) is 7.49. The Morgan fingerprint density at radius 2 is 1.63 bits per heavy atom. The van der Waals surface area contributed by atoms with E-state index in [1.807, 2.05) is 0 Å². The summed E-state index contributed by atoms with van der Waals surface area (Å²) in [6.07, 6.45) is 1.99. The smallest absolute Gasteiger partial charge is 0.300 e. The summed E-state index contributed by atoms with van der Waals surface area (Å²) < 4.78 is 82.4. The Hall–Kier alpha value is -6.35. The number of likely N-dealkylation sites (tertiary alicyclic amines) is 1. The Bertz CT molecular complexity index is 2910. The second-order valence-electron chi connectivity index (χ2n) is 14.2. The molecule has 0 atom stereocenters. The number of amides is 2. The van der Waals surface area contributed by atoms with Gasteiger partial charge in [-0.2, -0.15) is 21.8 Å². The number of aromatic nitrogens is 2. The molecule has 1 aliphatic carbocycles. The quantitative estimate of drug-likeness (QED) is 0.0609. The molecular formula is C39H40N8O10S2. The van der Waals surface area contributed by atoms with E-state index in [-0.39, 0.29) is 64.2 Å². The molecule has 1 fully saturated rings. The molecule has 308 valence electrons. The third-order valence-electron chi connectivity index (χ3n) is 10.3. The van der Waals surface area contributed by atoms with Gasteiger partial charge in [-0.05, 0) is 73.2 Å². The molecule has 0 radical (unpaired) electrons. The minimum absolute atomic E-state index is 0.00878. The second-order valence-corrected chi connectivity index (χ2v) is 17.0. The van der Waals surface area contributed by atoms with E-state index in [0.717, 1.165) is 18.9 Å². The van der Waals surface area contributed by atoms with Crippen LogP contribution in [0.5, 0.6) is 5.75 Å². The lowest BCUT2D eigenvalue weighted by atomic mass is 9.90. The number of carbonyl (C=O) groups is 2. The Morgan fingerprint density at radius 3 is 2.34 bits per heavy atom. The summed E-state index contributed by atoms with van der Waals surface area (Å²) in [5.74, 6) is -0.0482. The number of anilines is 3. The van der Waals surface area contributed by atoms with Gasteiger partial charge in [-0.25, -0.2) is 4.98 Å². The first-order chi connectivity index (χ1) is 27.9. The van der Waals surface area contributed by atoms with E-state index in [2.05, 4.69) is 9.97 Å². The van der Waals surface area contributed by atoms with Crippen molar-refractivity contribution in [3.63, 3.8) is 0 Å². The zero-order valence-corrected chi connectivity index (χ0v) is 33.2. The highest BCUT2D eigenvalue weighted by Gasteiger charge is 2.32.